The Labute approximate surface area is 95.1 Å². The summed E-state index contributed by atoms with van der Waals surface area (Å²) in [6, 6.07) is 6.30. The molecule has 0 aliphatic carbocycles. The molecule has 2 aromatic rings. The monoisotopic (exact) mass is 219 g/mol. The van der Waals surface area contributed by atoms with E-state index in [9.17, 15) is 0 Å². The van der Waals surface area contributed by atoms with Crippen molar-refractivity contribution in [2.24, 2.45) is 0 Å². The summed E-state index contributed by atoms with van der Waals surface area (Å²) in [5.74, 6) is 0.524. The lowest BCUT2D eigenvalue weighted by atomic mass is 10.0. The molecular weight excluding hydrogens is 206 g/mol. The van der Waals surface area contributed by atoms with Crippen LogP contribution in [-0.4, -0.2) is 4.98 Å². The van der Waals surface area contributed by atoms with Gasteiger partial charge in [-0.25, -0.2) is 0 Å². The number of pyridine rings is 1. The first kappa shape index (κ1) is 10.4. The molecule has 1 nitrogen and oxygen atoms in total. The number of hydrogen-bond acceptors (Lipinski definition) is 1. The molecule has 0 fully saturated rings. The number of fused-ring (bicyclic) bond motifs is 1. The normalized spacial score (nSPS) is 11.3. The molecule has 0 aliphatic rings. The molecule has 0 saturated carbocycles. The zero-order chi connectivity index (χ0) is 11.0. The highest BCUT2D eigenvalue weighted by Crippen LogP contribution is 2.27. The van der Waals surface area contributed by atoms with Crippen molar-refractivity contribution in [2.45, 2.75) is 26.7 Å². The van der Waals surface area contributed by atoms with Gasteiger partial charge in [-0.15, -0.1) is 0 Å². The van der Waals surface area contributed by atoms with E-state index in [0.717, 1.165) is 21.5 Å². The number of rotatable bonds is 1. The van der Waals surface area contributed by atoms with Crippen LogP contribution in [0.5, 0.6) is 0 Å². The third-order valence-electron chi connectivity index (χ3n) is 2.67. The Hall–Kier alpha value is -1.08. The summed E-state index contributed by atoms with van der Waals surface area (Å²) in [7, 11) is 0. The Balaban J connectivity index is 2.70. The summed E-state index contributed by atoms with van der Waals surface area (Å²) in [6.45, 7) is 6.33. The fourth-order valence-electron chi connectivity index (χ4n) is 1.64. The Morgan fingerprint density at radius 3 is 2.67 bits per heavy atom. The van der Waals surface area contributed by atoms with Gasteiger partial charge in [0.25, 0.3) is 0 Å². The van der Waals surface area contributed by atoms with Gasteiger partial charge in [0.2, 0.25) is 0 Å². The van der Waals surface area contributed by atoms with Crippen LogP contribution in [0.2, 0.25) is 5.02 Å². The second-order valence-corrected chi connectivity index (χ2v) is 4.56. The number of nitrogens with zero attached hydrogens (tertiary/aromatic N) is 1. The average Bonchev–Trinajstić information content (AvgIpc) is 2.23. The summed E-state index contributed by atoms with van der Waals surface area (Å²) >= 11 is 6.22. The van der Waals surface area contributed by atoms with Gasteiger partial charge in [0.15, 0.2) is 0 Å². The van der Waals surface area contributed by atoms with Crippen molar-refractivity contribution in [2.75, 3.05) is 0 Å². The molecule has 1 aromatic carbocycles. The van der Waals surface area contributed by atoms with E-state index >= 15 is 0 Å². The van der Waals surface area contributed by atoms with Crippen molar-refractivity contribution in [3.8, 4) is 0 Å². The van der Waals surface area contributed by atoms with Gasteiger partial charge in [0, 0.05) is 11.6 Å². The minimum Gasteiger partial charge on any atom is -0.256 e. The van der Waals surface area contributed by atoms with Crippen LogP contribution in [0, 0.1) is 6.92 Å². The van der Waals surface area contributed by atoms with Gasteiger partial charge in [-0.05, 0) is 30.0 Å². The molecule has 0 amide bonds. The first-order chi connectivity index (χ1) is 7.09. The number of benzene rings is 1. The van der Waals surface area contributed by atoms with Crippen LogP contribution in [0.1, 0.15) is 30.9 Å². The first-order valence-corrected chi connectivity index (χ1v) is 5.52. The Morgan fingerprint density at radius 2 is 2.00 bits per heavy atom. The van der Waals surface area contributed by atoms with Crippen molar-refractivity contribution >= 4 is 22.5 Å². The van der Waals surface area contributed by atoms with Crippen LogP contribution in [-0.2, 0) is 0 Å². The predicted octanol–water partition coefficient (Wildman–Crippen LogP) is 4.32. The van der Waals surface area contributed by atoms with Crippen LogP contribution < -0.4 is 0 Å². The number of hydrogen-bond donors (Lipinski definition) is 0. The van der Waals surface area contributed by atoms with E-state index in [-0.39, 0.29) is 0 Å². The largest absolute Gasteiger partial charge is 0.256 e. The molecule has 78 valence electrons. The second-order valence-electron chi connectivity index (χ2n) is 4.19. The molecule has 1 aromatic heterocycles. The van der Waals surface area contributed by atoms with Crippen molar-refractivity contribution in [3.05, 3.63) is 40.5 Å². The Morgan fingerprint density at radius 1 is 1.27 bits per heavy atom. The van der Waals surface area contributed by atoms with E-state index in [0.29, 0.717) is 5.92 Å². The number of aryl methyl sites for hydroxylation is 1. The highest BCUT2D eigenvalue weighted by Gasteiger charge is 2.05. The van der Waals surface area contributed by atoms with E-state index in [2.05, 4.69) is 37.0 Å². The highest BCUT2D eigenvalue weighted by molar-refractivity contribution is 6.36. The van der Waals surface area contributed by atoms with E-state index in [1.807, 2.05) is 13.1 Å². The maximum absolute atomic E-state index is 6.22. The molecule has 0 atom stereocenters. The quantitative estimate of drug-likeness (QED) is 0.696. The van der Waals surface area contributed by atoms with E-state index in [4.69, 9.17) is 11.6 Å². The van der Waals surface area contributed by atoms with Gasteiger partial charge < -0.3 is 0 Å². The molecule has 0 bridgehead atoms. The van der Waals surface area contributed by atoms with Gasteiger partial charge in [0.05, 0.1) is 10.5 Å². The average molecular weight is 220 g/mol. The molecule has 0 radical (unpaired) electrons. The minimum absolute atomic E-state index is 0.524. The third-order valence-corrected chi connectivity index (χ3v) is 3.17. The molecule has 1 heterocycles. The highest BCUT2D eigenvalue weighted by atomic mass is 35.5. The zero-order valence-electron chi connectivity index (χ0n) is 9.21. The fraction of sp³-hybridized carbons (Fsp3) is 0.308. The minimum atomic E-state index is 0.524. The van der Waals surface area contributed by atoms with Gasteiger partial charge in [-0.3, -0.25) is 4.98 Å². The lowest BCUT2D eigenvalue weighted by Gasteiger charge is -2.08. The van der Waals surface area contributed by atoms with Crippen LogP contribution in [0.15, 0.2) is 24.4 Å². The molecule has 2 heteroatoms. The fourth-order valence-corrected chi connectivity index (χ4v) is 1.84. The van der Waals surface area contributed by atoms with E-state index in [1.165, 1.54) is 5.56 Å². The van der Waals surface area contributed by atoms with E-state index in [1.54, 1.807) is 0 Å². The van der Waals surface area contributed by atoms with Crippen molar-refractivity contribution in [1.29, 1.82) is 0 Å². The summed E-state index contributed by atoms with van der Waals surface area (Å²) in [5.41, 5.74) is 3.31. The topological polar surface area (TPSA) is 12.9 Å². The Kier molecular flexibility index (Phi) is 2.66. The molecule has 0 N–H and O–H groups in total. The standard InChI is InChI=1S/C13H14ClN/c1-8(2)10-4-5-11-12(6-10)15-7-9(3)13(11)14/h4-8H,1-3H3. The summed E-state index contributed by atoms with van der Waals surface area (Å²) in [6.07, 6.45) is 1.83. The SMILES string of the molecule is Cc1cnc2cc(C(C)C)ccc2c1Cl. The van der Waals surface area contributed by atoms with Crippen LogP contribution in [0.25, 0.3) is 10.9 Å². The van der Waals surface area contributed by atoms with Gasteiger partial charge >= 0.3 is 0 Å². The lowest BCUT2D eigenvalue weighted by molar-refractivity contribution is 0.868. The van der Waals surface area contributed by atoms with Gasteiger partial charge in [0.1, 0.15) is 0 Å². The lowest BCUT2D eigenvalue weighted by Crippen LogP contribution is -1.89. The maximum atomic E-state index is 6.22. The van der Waals surface area contributed by atoms with Crippen molar-refractivity contribution < 1.29 is 0 Å². The summed E-state index contributed by atoms with van der Waals surface area (Å²) < 4.78 is 0. The molecule has 0 aliphatic heterocycles. The third kappa shape index (κ3) is 1.84. The second kappa shape index (κ2) is 3.82. The smallest absolute Gasteiger partial charge is 0.0719 e. The van der Waals surface area contributed by atoms with Crippen LogP contribution in [0.3, 0.4) is 0 Å². The zero-order valence-corrected chi connectivity index (χ0v) is 9.97. The van der Waals surface area contributed by atoms with E-state index < -0.39 is 0 Å². The van der Waals surface area contributed by atoms with Crippen LogP contribution >= 0.6 is 11.6 Å². The molecule has 0 saturated heterocycles. The molecule has 0 spiro atoms. The van der Waals surface area contributed by atoms with Gasteiger partial charge in [-0.2, -0.15) is 0 Å². The molecule has 2 rings (SSSR count). The van der Waals surface area contributed by atoms with Crippen LogP contribution in [0.4, 0.5) is 0 Å². The summed E-state index contributed by atoms with van der Waals surface area (Å²) in [4.78, 5) is 4.40. The first-order valence-electron chi connectivity index (χ1n) is 5.14. The predicted molar refractivity (Wildman–Crippen MR) is 65.6 cm³/mol. The van der Waals surface area contributed by atoms with Crippen molar-refractivity contribution in [3.63, 3.8) is 0 Å². The number of halogens is 1. The number of aromatic nitrogens is 1. The Bertz CT molecular complexity index is 503. The van der Waals surface area contributed by atoms with Crippen molar-refractivity contribution in [1.82, 2.24) is 4.98 Å². The molecule has 15 heavy (non-hydrogen) atoms. The summed E-state index contributed by atoms with van der Waals surface area (Å²) in [5, 5.41) is 1.86. The molecule has 0 unspecified atom stereocenters. The van der Waals surface area contributed by atoms with Gasteiger partial charge in [-0.1, -0.05) is 37.6 Å². The maximum Gasteiger partial charge on any atom is 0.0719 e. The molecular formula is C13H14ClN.